The molecular formula is C27H23Cl3N4O. The second kappa shape index (κ2) is 9.94. The standard InChI is InChI=1S/C27H23Cl3N4O/c1-18-6-2-5-9-25(18)32-12-14-33(15-13-32)27(35)26-17-24(20-7-3-4-8-21(20)28)31-34(26)19-10-11-22(29)23(30)16-19/h2-11,16-17H,12-15H2,1H3. The van der Waals surface area contributed by atoms with Crippen molar-refractivity contribution in [1.29, 1.82) is 0 Å². The average molecular weight is 526 g/mol. The number of hydrogen-bond acceptors (Lipinski definition) is 3. The number of anilines is 1. The minimum Gasteiger partial charge on any atom is -0.368 e. The van der Waals surface area contributed by atoms with E-state index < -0.39 is 0 Å². The van der Waals surface area contributed by atoms with Crippen LogP contribution in [0.2, 0.25) is 15.1 Å². The summed E-state index contributed by atoms with van der Waals surface area (Å²) in [5.74, 6) is -0.0914. The van der Waals surface area contributed by atoms with Gasteiger partial charge in [-0.2, -0.15) is 5.10 Å². The number of benzene rings is 3. The highest BCUT2D eigenvalue weighted by Crippen LogP contribution is 2.31. The van der Waals surface area contributed by atoms with Crippen LogP contribution >= 0.6 is 34.8 Å². The van der Waals surface area contributed by atoms with Crippen molar-refractivity contribution in [3.8, 4) is 16.9 Å². The number of halogens is 3. The van der Waals surface area contributed by atoms with Gasteiger partial charge in [-0.05, 0) is 48.9 Å². The van der Waals surface area contributed by atoms with Crippen LogP contribution in [0.25, 0.3) is 16.9 Å². The Morgan fingerprint density at radius 1 is 0.800 bits per heavy atom. The first-order valence-corrected chi connectivity index (χ1v) is 12.5. The third-order valence-corrected chi connectivity index (χ3v) is 7.32. The van der Waals surface area contributed by atoms with Crippen molar-refractivity contribution in [3.05, 3.63) is 99.1 Å². The molecule has 0 bridgehead atoms. The van der Waals surface area contributed by atoms with Gasteiger partial charge in [-0.1, -0.05) is 71.2 Å². The summed E-state index contributed by atoms with van der Waals surface area (Å²) in [7, 11) is 0. The molecule has 1 aromatic heterocycles. The summed E-state index contributed by atoms with van der Waals surface area (Å²) >= 11 is 18.9. The van der Waals surface area contributed by atoms with Crippen molar-refractivity contribution in [2.45, 2.75) is 6.92 Å². The van der Waals surface area contributed by atoms with Crippen LogP contribution in [-0.2, 0) is 0 Å². The van der Waals surface area contributed by atoms with Gasteiger partial charge in [-0.25, -0.2) is 4.68 Å². The van der Waals surface area contributed by atoms with Gasteiger partial charge in [-0.15, -0.1) is 0 Å². The Bertz CT molecular complexity index is 1390. The summed E-state index contributed by atoms with van der Waals surface area (Å²) in [6, 6.07) is 22.8. The van der Waals surface area contributed by atoms with E-state index in [4.69, 9.17) is 39.9 Å². The highest BCUT2D eigenvalue weighted by Gasteiger charge is 2.27. The highest BCUT2D eigenvalue weighted by atomic mass is 35.5. The largest absolute Gasteiger partial charge is 0.368 e. The smallest absolute Gasteiger partial charge is 0.272 e. The molecule has 35 heavy (non-hydrogen) atoms. The van der Waals surface area contributed by atoms with E-state index in [1.165, 1.54) is 11.3 Å². The average Bonchev–Trinajstić information content (AvgIpc) is 3.31. The molecule has 1 aliphatic rings. The Morgan fingerprint density at radius 3 is 2.23 bits per heavy atom. The second-order valence-electron chi connectivity index (χ2n) is 8.47. The highest BCUT2D eigenvalue weighted by molar-refractivity contribution is 6.42. The van der Waals surface area contributed by atoms with Crippen LogP contribution in [0, 0.1) is 6.92 Å². The number of rotatable bonds is 4. The summed E-state index contributed by atoms with van der Waals surface area (Å²) < 4.78 is 1.62. The molecule has 4 aromatic rings. The number of piperazine rings is 1. The van der Waals surface area contributed by atoms with Gasteiger partial charge in [0.25, 0.3) is 5.91 Å². The lowest BCUT2D eigenvalue weighted by atomic mass is 10.1. The fourth-order valence-electron chi connectivity index (χ4n) is 4.38. The molecule has 0 saturated carbocycles. The fraction of sp³-hybridized carbons (Fsp3) is 0.185. The van der Waals surface area contributed by atoms with Crippen molar-refractivity contribution >= 4 is 46.4 Å². The van der Waals surface area contributed by atoms with Crippen LogP contribution in [0.4, 0.5) is 5.69 Å². The van der Waals surface area contributed by atoms with E-state index in [-0.39, 0.29) is 5.91 Å². The van der Waals surface area contributed by atoms with Gasteiger partial charge in [0, 0.05) is 37.4 Å². The minimum atomic E-state index is -0.0914. The molecule has 0 unspecified atom stereocenters. The van der Waals surface area contributed by atoms with Crippen LogP contribution in [0.15, 0.2) is 72.8 Å². The SMILES string of the molecule is Cc1ccccc1N1CCN(C(=O)c2cc(-c3ccccc3Cl)nn2-c2ccc(Cl)c(Cl)c2)CC1. The first kappa shape index (κ1) is 23.7. The normalized spacial score (nSPS) is 13.8. The quantitative estimate of drug-likeness (QED) is 0.295. The Hall–Kier alpha value is -2.99. The van der Waals surface area contributed by atoms with Gasteiger partial charge >= 0.3 is 0 Å². The van der Waals surface area contributed by atoms with E-state index in [2.05, 4.69) is 24.0 Å². The van der Waals surface area contributed by atoms with E-state index in [0.29, 0.717) is 45.2 Å². The van der Waals surface area contributed by atoms with E-state index in [1.807, 2.05) is 35.2 Å². The molecule has 0 aliphatic carbocycles. The van der Waals surface area contributed by atoms with Crippen LogP contribution in [-0.4, -0.2) is 46.8 Å². The van der Waals surface area contributed by atoms with E-state index in [0.717, 1.165) is 18.7 Å². The van der Waals surface area contributed by atoms with Crippen molar-refractivity contribution in [2.24, 2.45) is 0 Å². The molecule has 8 heteroatoms. The van der Waals surface area contributed by atoms with Crippen molar-refractivity contribution in [1.82, 2.24) is 14.7 Å². The van der Waals surface area contributed by atoms with E-state index >= 15 is 0 Å². The minimum absolute atomic E-state index is 0.0914. The first-order valence-electron chi connectivity index (χ1n) is 11.3. The number of aromatic nitrogens is 2. The maximum absolute atomic E-state index is 13.7. The molecule has 1 fully saturated rings. The third-order valence-electron chi connectivity index (χ3n) is 6.25. The number of hydrogen-bond donors (Lipinski definition) is 0. The number of carbonyl (C=O) groups excluding carboxylic acids is 1. The lowest BCUT2D eigenvalue weighted by Gasteiger charge is -2.36. The van der Waals surface area contributed by atoms with Gasteiger partial charge in [0.2, 0.25) is 0 Å². The van der Waals surface area contributed by atoms with E-state index in [9.17, 15) is 4.79 Å². The summed E-state index contributed by atoms with van der Waals surface area (Å²) in [6.45, 7) is 4.85. The van der Waals surface area contributed by atoms with Gasteiger partial charge in [0.05, 0.1) is 26.4 Å². The molecule has 178 valence electrons. The Labute approximate surface area is 219 Å². The number of para-hydroxylation sites is 1. The molecule has 3 aromatic carbocycles. The summed E-state index contributed by atoms with van der Waals surface area (Å²) in [5.41, 5.74) is 4.91. The lowest BCUT2D eigenvalue weighted by molar-refractivity contribution is 0.0737. The molecule has 5 rings (SSSR count). The molecule has 0 N–H and O–H groups in total. The molecule has 0 radical (unpaired) electrons. The van der Waals surface area contributed by atoms with Crippen molar-refractivity contribution < 1.29 is 4.79 Å². The first-order chi connectivity index (χ1) is 16.9. The maximum atomic E-state index is 13.7. The van der Waals surface area contributed by atoms with Gasteiger partial charge in [0.15, 0.2) is 0 Å². The number of nitrogens with zero attached hydrogens (tertiary/aromatic N) is 4. The van der Waals surface area contributed by atoms with Crippen LogP contribution in [0.3, 0.4) is 0 Å². The maximum Gasteiger partial charge on any atom is 0.272 e. The summed E-state index contributed by atoms with van der Waals surface area (Å²) in [4.78, 5) is 17.9. The number of aryl methyl sites for hydroxylation is 1. The topological polar surface area (TPSA) is 41.4 Å². The predicted octanol–water partition coefficient (Wildman–Crippen LogP) is 6.77. The number of amides is 1. The second-order valence-corrected chi connectivity index (χ2v) is 9.69. The van der Waals surface area contributed by atoms with Crippen LogP contribution in [0.5, 0.6) is 0 Å². The zero-order valence-electron chi connectivity index (χ0n) is 19.1. The van der Waals surface area contributed by atoms with Crippen molar-refractivity contribution in [2.75, 3.05) is 31.1 Å². The van der Waals surface area contributed by atoms with Gasteiger partial charge < -0.3 is 9.80 Å². The number of carbonyl (C=O) groups is 1. The molecule has 1 amide bonds. The molecule has 1 saturated heterocycles. The zero-order chi connectivity index (χ0) is 24.5. The molecule has 2 heterocycles. The fourth-order valence-corrected chi connectivity index (χ4v) is 4.90. The molecule has 0 atom stereocenters. The zero-order valence-corrected chi connectivity index (χ0v) is 21.4. The third kappa shape index (κ3) is 4.76. The molecular weight excluding hydrogens is 503 g/mol. The van der Waals surface area contributed by atoms with Crippen LogP contribution in [0.1, 0.15) is 16.1 Å². The monoisotopic (exact) mass is 524 g/mol. The predicted molar refractivity (Wildman–Crippen MR) is 143 cm³/mol. The van der Waals surface area contributed by atoms with Gasteiger partial charge in [0.1, 0.15) is 5.69 Å². The van der Waals surface area contributed by atoms with Gasteiger partial charge in [-0.3, -0.25) is 4.79 Å². The molecule has 0 spiro atoms. The molecule has 5 nitrogen and oxygen atoms in total. The van der Waals surface area contributed by atoms with Crippen LogP contribution < -0.4 is 4.90 Å². The van der Waals surface area contributed by atoms with Crippen molar-refractivity contribution in [3.63, 3.8) is 0 Å². The summed E-state index contributed by atoms with van der Waals surface area (Å²) in [5, 5.41) is 6.14. The Morgan fingerprint density at radius 2 is 1.51 bits per heavy atom. The molecule has 1 aliphatic heterocycles. The Balaban J connectivity index is 1.47. The summed E-state index contributed by atoms with van der Waals surface area (Å²) in [6.07, 6.45) is 0. The lowest BCUT2D eigenvalue weighted by Crippen LogP contribution is -2.49. The van der Waals surface area contributed by atoms with E-state index in [1.54, 1.807) is 35.0 Å². The Kier molecular flexibility index (Phi) is 6.74.